The van der Waals surface area contributed by atoms with Crippen molar-refractivity contribution >= 4 is 11.4 Å². The molecule has 5 heteroatoms. The first kappa shape index (κ1) is 16.9. The van der Waals surface area contributed by atoms with Crippen LogP contribution in [0.1, 0.15) is 27.7 Å². The van der Waals surface area contributed by atoms with Crippen LogP contribution >= 0.6 is 0 Å². The van der Waals surface area contributed by atoms with Crippen molar-refractivity contribution in [1.82, 2.24) is 0 Å². The van der Waals surface area contributed by atoms with Crippen molar-refractivity contribution in [1.29, 1.82) is 0 Å². The Hall–Kier alpha value is -0.346. The third-order valence-electron chi connectivity index (χ3n) is 0.400. The van der Waals surface area contributed by atoms with Crippen LogP contribution in [0.25, 0.3) is 0 Å². The van der Waals surface area contributed by atoms with E-state index in [1.165, 1.54) is 0 Å². The van der Waals surface area contributed by atoms with Crippen molar-refractivity contribution < 1.29 is 32.1 Å². The predicted molar refractivity (Wildman–Crippen MR) is 41.1 cm³/mol. The van der Waals surface area contributed by atoms with Crippen LogP contribution in [0.3, 0.4) is 0 Å². The van der Waals surface area contributed by atoms with Gasteiger partial charge in [0.15, 0.2) is 0 Å². The topological polar surface area (TPSA) is 65.2 Å². The Labute approximate surface area is 81.9 Å². The SMILES string of the molecule is CC(C)=NO.CC(C)=NO.[Ti]. The normalized spacial score (nSPS) is 6.18. The maximum atomic E-state index is 7.73. The van der Waals surface area contributed by atoms with E-state index in [4.69, 9.17) is 10.4 Å². The van der Waals surface area contributed by atoms with E-state index in [0.717, 1.165) is 0 Å². The summed E-state index contributed by atoms with van der Waals surface area (Å²) in [4.78, 5) is 0. The summed E-state index contributed by atoms with van der Waals surface area (Å²) < 4.78 is 0. The van der Waals surface area contributed by atoms with Gasteiger partial charge in [0.1, 0.15) is 0 Å². The largest absolute Gasteiger partial charge is 0.411 e. The molecule has 0 saturated carbocycles. The minimum Gasteiger partial charge on any atom is -0.411 e. The molecule has 0 atom stereocenters. The van der Waals surface area contributed by atoms with Crippen molar-refractivity contribution in [2.24, 2.45) is 10.3 Å². The van der Waals surface area contributed by atoms with Crippen molar-refractivity contribution in [3.63, 3.8) is 0 Å². The molecule has 0 fully saturated rings. The summed E-state index contributed by atoms with van der Waals surface area (Å²) in [5.74, 6) is 0. The smallest absolute Gasteiger partial charge is 0.0509 e. The first-order chi connectivity index (χ1) is 4.54. The van der Waals surface area contributed by atoms with E-state index < -0.39 is 0 Å². The minimum atomic E-state index is 0. The van der Waals surface area contributed by atoms with Crippen LogP contribution < -0.4 is 0 Å². The second-order valence-electron chi connectivity index (χ2n) is 2.09. The maximum absolute atomic E-state index is 7.73. The zero-order chi connectivity index (χ0) is 8.57. The number of rotatable bonds is 0. The van der Waals surface area contributed by atoms with Crippen LogP contribution in [-0.2, 0) is 21.7 Å². The van der Waals surface area contributed by atoms with Gasteiger partial charge in [0, 0.05) is 21.7 Å². The molecule has 0 aromatic carbocycles. The number of hydrogen-bond donors (Lipinski definition) is 2. The Bertz CT molecular complexity index is 111. The van der Waals surface area contributed by atoms with Crippen LogP contribution in [0, 0.1) is 0 Å². The van der Waals surface area contributed by atoms with E-state index >= 15 is 0 Å². The molecule has 0 aliphatic heterocycles. The van der Waals surface area contributed by atoms with Crippen LogP contribution in [0.15, 0.2) is 10.3 Å². The Kier molecular flexibility index (Phi) is 19.0. The van der Waals surface area contributed by atoms with E-state index in [1.807, 2.05) is 0 Å². The van der Waals surface area contributed by atoms with Crippen LogP contribution in [0.5, 0.6) is 0 Å². The van der Waals surface area contributed by atoms with Gasteiger partial charge < -0.3 is 10.4 Å². The van der Waals surface area contributed by atoms with E-state index in [2.05, 4.69) is 10.3 Å². The average Bonchev–Trinajstić information content (AvgIpc) is 1.89. The molecule has 0 aromatic rings. The summed E-state index contributed by atoms with van der Waals surface area (Å²) in [5, 5.41) is 21.1. The summed E-state index contributed by atoms with van der Waals surface area (Å²) in [6, 6.07) is 0. The quantitative estimate of drug-likeness (QED) is 0.267. The first-order valence-corrected chi connectivity index (χ1v) is 2.85. The van der Waals surface area contributed by atoms with Crippen molar-refractivity contribution in [2.75, 3.05) is 0 Å². The van der Waals surface area contributed by atoms with Gasteiger partial charge in [-0.2, -0.15) is 0 Å². The van der Waals surface area contributed by atoms with Gasteiger partial charge in [-0.05, 0) is 27.7 Å². The molecule has 0 unspecified atom stereocenters. The fourth-order valence-corrected chi connectivity index (χ4v) is 0. The second-order valence-corrected chi connectivity index (χ2v) is 2.09. The Morgan fingerprint density at radius 2 is 0.909 bits per heavy atom. The van der Waals surface area contributed by atoms with Gasteiger partial charge in [0.2, 0.25) is 0 Å². The molecule has 0 aliphatic rings. The number of oxime groups is 2. The fraction of sp³-hybridized carbons (Fsp3) is 0.667. The van der Waals surface area contributed by atoms with Gasteiger partial charge in [-0.25, -0.2) is 0 Å². The van der Waals surface area contributed by atoms with Gasteiger partial charge in [-0.3, -0.25) is 0 Å². The molecule has 0 amide bonds. The Morgan fingerprint density at radius 3 is 0.909 bits per heavy atom. The maximum Gasteiger partial charge on any atom is 0.0509 e. The molecule has 0 spiro atoms. The molecule has 11 heavy (non-hydrogen) atoms. The predicted octanol–water partition coefficient (Wildman–Crippen LogP) is 1.71. The van der Waals surface area contributed by atoms with Crippen LogP contribution in [0.2, 0.25) is 0 Å². The van der Waals surface area contributed by atoms with E-state index in [0.29, 0.717) is 11.4 Å². The van der Waals surface area contributed by atoms with Crippen LogP contribution in [-0.4, -0.2) is 21.8 Å². The van der Waals surface area contributed by atoms with Gasteiger partial charge in [-0.1, -0.05) is 10.3 Å². The first-order valence-electron chi connectivity index (χ1n) is 2.85. The van der Waals surface area contributed by atoms with Crippen molar-refractivity contribution in [3.05, 3.63) is 0 Å². The van der Waals surface area contributed by atoms with Crippen molar-refractivity contribution in [2.45, 2.75) is 27.7 Å². The summed E-state index contributed by atoms with van der Waals surface area (Å²) in [5.41, 5.74) is 1.37. The zero-order valence-corrected chi connectivity index (χ0v) is 8.85. The molecule has 0 heterocycles. The van der Waals surface area contributed by atoms with E-state index in [9.17, 15) is 0 Å². The summed E-state index contributed by atoms with van der Waals surface area (Å²) >= 11 is 0. The molecule has 4 nitrogen and oxygen atoms in total. The molecule has 0 bridgehead atoms. The monoisotopic (exact) mass is 194 g/mol. The Morgan fingerprint density at radius 1 is 0.818 bits per heavy atom. The summed E-state index contributed by atoms with van der Waals surface area (Å²) in [6.07, 6.45) is 0. The average molecular weight is 194 g/mol. The molecule has 0 radical (unpaired) electrons. The van der Waals surface area contributed by atoms with Gasteiger partial charge in [0.05, 0.1) is 11.4 Å². The van der Waals surface area contributed by atoms with Crippen molar-refractivity contribution in [3.8, 4) is 0 Å². The van der Waals surface area contributed by atoms with E-state index in [-0.39, 0.29) is 21.7 Å². The number of nitrogens with zero attached hydrogens (tertiary/aromatic N) is 2. The summed E-state index contributed by atoms with van der Waals surface area (Å²) in [7, 11) is 0. The third-order valence-corrected chi connectivity index (χ3v) is 0.400. The van der Waals surface area contributed by atoms with E-state index in [1.54, 1.807) is 27.7 Å². The molecule has 0 rings (SSSR count). The number of hydrogen-bond acceptors (Lipinski definition) is 4. The zero-order valence-electron chi connectivity index (χ0n) is 7.29. The third kappa shape index (κ3) is 42.4. The van der Waals surface area contributed by atoms with Gasteiger partial charge >= 0.3 is 0 Å². The Balaban J connectivity index is -0.000000107. The summed E-state index contributed by atoms with van der Waals surface area (Å²) in [6.45, 7) is 6.89. The standard InChI is InChI=1S/2C3H7NO.Ti/c2*1-3(2)4-5;/h2*5H,1-2H3;. The molecule has 0 aromatic heterocycles. The second kappa shape index (κ2) is 12.3. The molecular weight excluding hydrogens is 180 g/mol. The van der Waals surface area contributed by atoms with Crippen LogP contribution in [0.4, 0.5) is 0 Å². The molecule has 0 aliphatic carbocycles. The molecule has 64 valence electrons. The molecule has 2 N–H and O–H groups in total. The fourth-order valence-electron chi connectivity index (χ4n) is 0. The van der Waals surface area contributed by atoms with Gasteiger partial charge in [-0.15, -0.1) is 0 Å². The molecular formula is C6H14N2O2Ti. The minimum absolute atomic E-state index is 0. The molecule has 0 saturated heterocycles. The van der Waals surface area contributed by atoms with Gasteiger partial charge in [0.25, 0.3) is 0 Å².